The molecule has 0 fully saturated rings. The molecule has 3 aromatic rings. The lowest BCUT2D eigenvalue weighted by molar-refractivity contribution is 1.30. The maximum absolute atomic E-state index is 5.74. The Balaban J connectivity index is 1.95. The highest BCUT2D eigenvalue weighted by Crippen LogP contribution is 2.20. The summed E-state index contributed by atoms with van der Waals surface area (Å²) < 4.78 is 0. The number of nitrogens with zero attached hydrogens (tertiary/aromatic N) is 1. The van der Waals surface area contributed by atoms with Gasteiger partial charge in [-0.2, -0.15) is 0 Å². The fourth-order valence-corrected chi connectivity index (χ4v) is 1.95. The first-order chi connectivity index (χ1) is 8.70. The minimum Gasteiger partial charge on any atom is -0.399 e. The van der Waals surface area contributed by atoms with E-state index in [-0.39, 0.29) is 0 Å². The average Bonchev–Trinajstić information content (AvgIpc) is 2.70. The number of fused-ring (bicyclic) bond motifs is 1. The summed E-state index contributed by atoms with van der Waals surface area (Å²) in [4.78, 5) is 7.66. The molecule has 0 unspecified atom stereocenters. The van der Waals surface area contributed by atoms with Crippen LogP contribution in [0.15, 0.2) is 42.5 Å². The number of rotatable bonds is 2. The number of imidazole rings is 1. The SMILES string of the molecule is Cc1cccc(Nc2nc3ccc(N)cc3[nH]2)c1. The fraction of sp³-hybridized carbons (Fsp3) is 0.0714. The third-order valence-electron chi connectivity index (χ3n) is 2.79. The second kappa shape index (κ2) is 4.07. The molecule has 0 amide bonds. The van der Waals surface area contributed by atoms with Crippen molar-refractivity contribution in [3.05, 3.63) is 48.0 Å². The van der Waals surface area contributed by atoms with Gasteiger partial charge in [0.15, 0.2) is 0 Å². The van der Waals surface area contributed by atoms with Crippen molar-refractivity contribution < 1.29 is 0 Å². The van der Waals surface area contributed by atoms with Gasteiger partial charge in [-0.05, 0) is 42.8 Å². The summed E-state index contributed by atoms with van der Waals surface area (Å²) in [5.74, 6) is 0.723. The lowest BCUT2D eigenvalue weighted by Crippen LogP contribution is -1.92. The van der Waals surface area contributed by atoms with Crippen LogP contribution in [0.2, 0.25) is 0 Å². The molecule has 0 aliphatic rings. The van der Waals surface area contributed by atoms with Gasteiger partial charge in [0.05, 0.1) is 11.0 Å². The summed E-state index contributed by atoms with van der Waals surface area (Å²) in [6, 6.07) is 13.8. The van der Waals surface area contributed by atoms with Crippen LogP contribution in [0.5, 0.6) is 0 Å². The number of hydrogen-bond acceptors (Lipinski definition) is 3. The standard InChI is InChI=1S/C14H14N4/c1-9-3-2-4-11(7-9)16-14-17-12-6-5-10(15)8-13(12)18-14/h2-8H,15H2,1H3,(H2,16,17,18). The summed E-state index contributed by atoms with van der Waals surface area (Å²) in [7, 11) is 0. The van der Waals surface area contributed by atoms with Crippen LogP contribution in [0.1, 0.15) is 5.56 Å². The molecule has 0 bridgehead atoms. The number of aromatic amines is 1. The maximum Gasteiger partial charge on any atom is 0.205 e. The molecule has 0 aliphatic heterocycles. The number of nitrogens with one attached hydrogen (secondary N) is 2. The van der Waals surface area contributed by atoms with Crippen LogP contribution >= 0.6 is 0 Å². The highest BCUT2D eigenvalue weighted by Gasteiger charge is 2.03. The van der Waals surface area contributed by atoms with Crippen LogP contribution in [0.25, 0.3) is 11.0 Å². The molecular formula is C14H14N4. The molecule has 3 rings (SSSR count). The second-order valence-corrected chi connectivity index (χ2v) is 4.36. The second-order valence-electron chi connectivity index (χ2n) is 4.36. The molecule has 1 aromatic heterocycles. The zero-order valence-corrected chi connectivity index (χ0v) is 10.1. The van der Waals surface area contributed by atoms with E-state index in [0.717, 1.165) is 28.4 Å². The maximum atomic E-state index is 5.74. The zero-order valence-electron chi connectivity index (χ0n) is 10.1. The summed E-state index contributed by atoms with van der Waals surface area (Å²) in [6.07, 6.45) is 0. The molecule has 0 aliphatic carbocycles. The topological polar surface area (TPSA) is 66.7 Å². The monoisotopic (exact) mass is 238 g/mol. The molecule has 90 valence electrons. The van der Waals surface area contributed by atoms with E-state index in [1.165, 1.54) is 5.56 Å². The Hall–Kier alpha value is -2.49. The van der Waals surface area contributed by atoms with Gasteiger partial charge < -0.3 is 16.0 Å². The van der Waals surface area contributed by atoms with Gasteiger partial charge in [0.2, 0.25) is 5.95 Å². The van der Waals surface area contributed by atoms with E-state index in [0.29, 0.717) is 0 Å². The molecule has 0 spiro atoms. The van der Waals surface area contributed by atoms with Gasteiger partial charge in [0.1, 0.15) is 0 Å². The first kappa shape index (κ1) is 10.7. The molecule has 0 saturated carbocycles. The molecule has 4 heteroatoms. The molecule has 0 atom stereocenters. The Labute approximate surface area is 105 Å². The number of nitrogen functional groups attached to an aromatic ring is 1. The van der Waals surface area contributed by atoms with E-state index in [1.54, 1.807) is 0 Å². The van der Waals surface area contributed by atoms with E-state index in [2.05, 4.69) is 34.3 Å². The summed E-state index contributed by atoms with van der Waals surface area (Å²) >= 11 is 0. The number of aromatic nitrogens is 2. The lowest BCUT2D eigenvalue weighted by Gasteiger charge is -2.02. The van der Waals surface area contributed by atoms with Gasteiger partial charge in [0.25, 0.3) is 0 Å². The predicted molar refractivity (Wildman–Crippen MR) is 75.0 cm³/mol. The van der Waals surface area contributed by atoms with Crippen molar-refractivity contribution in [2.75, 3.05) is 11.1 Å². The Morgan fingerprint density at radius 2 is 2.06 bits per heavy atom. The minimum absolute atomic E-state index is 0.723. The van der Waals surface area contributed by atoms with Gasteiger partial charge in [-0.15, -0.1) is 0 Å². The Bertz CT molecular complexity index is 700. The van der Waals surface area contributed by atoms with Crippen molar-refractivity contribution in [3.8, 4) is 0 Å². The van der Waals surface area contributed by atoms with Crippen molar-refractivity contribution >= 4 is 28.4 Å². The van der Waals surface area contributed by atoms with Gasteiger partial charge in [-0.1, -0.05) is 12.1 Å². The summed E-state index contributed by atoms with van der Waals surface area (Å²) in [5, 5.41) is 3.25. The van der Waals surface area contributed by atoms with Crippen molar-refractivity contribution in [1.29, 1.82) is 0 Å². The van der Waals surface area contributed by atoms with E-state index in [4.69, 9.17) is 5.73 Å². The van der Waals surface area contributed by atoms with Crippen LogP contribution in [0.3, 0.4) is 0 Å². The molecule has 0 radical (unpaired) electrons. The molecule has 4 nitrogen and oxygen atoms in total. The summed E-state index contributed by atoms with van der Waals surface area (Å²) in [5.41, 5.74) is 10.5. The van der Waals surface area contributed by atoms with Crippen molar-refractivity contribution in [2.24, 2.45) is 0 Å². The Morgan fingerprint density at radius 3 is 2.89 bits per heavy atom. The number of nitrogens with two attached hydrogens (primary N) is 1. The van der Waals surface area contributed by atoms with Crippen LogP contribution < -0.4 is 11.1 Å². The third-order valence-corrected chi connectivity index (χ3v) is 2.79. The van der Waals surface area contributed by atoms with Gasteiger partial charge in [-0.3, -0.25) is 0 Å². The molecule has 2 aromatic carbocycles. The lowest BCUT2D eigenvalue weighted by atomic mass is 10.2. The number of H-pyrrole nitrogens is 1. The minimum atomic E-state index is 0.723. The number of hydrogen-bond donors (Lipinski definition) is 3. The van der Waals surface area contributed by atoms with E-state index < -0.39 is 0 Å². The van der Waals surface area contributed by atoms with Gasteiger partial charge in [0, 0.05) is 11.4 Å². The van der Waals surface area contributed by atoms with E-state index in [9.17, 15) is 0 Å². The highest BCUT2D eigenvalue weighted by molar-refractivity contribution is 5.81. The quantitative estimate of drug-likeness (QED) is 0.600. The summed E-state index contributed by atoms with van der Waals surface area (Å²) in [6.45, 7) is 2.06. The molecule has 1 heterocycles. The zero-order chi connectivity index (χ0) is 12.5. The number of anilines is 3. The van der Waals surface area contributed by atoms with Crippen LogP contribution in [-0.2, 0) is 0 Å². The van der Waals surface area contributed by atoms with Crippen molar-refractivity contribution in [3.63, 3.8) is 0 Å². The predicted octanol–water partition coefficient (Wildman–Crippen LogP) is 3.20. The van der Waals surface area contributed by atoms with Gasteiger partial charge in [-0.25, -0.2) is 4.98 Å². The molecule has 0 saturated heterocycles. The van der Waals surface area contributed by atoms with Crippen molar-refractivity contribution in [1.82, 2.24) is 9.97 Å². The van der Waals surface area contributed by atoms with Crippen LogP contribution in [0, 0.1) is 6.92 Å². The average molecular weight is 238 g/mol. The van der Waals surface area contributed by atoms with Crippen molar-refractivity contribution in [2.45, 2.75) is 6.92 Å². The van der Waals surface area contributed by atoms with E-state index in [1.807, 2.05) is 30.3 Å². The van der Waals surface area contributed by atoms with Gasteiger partial charge >= 0.3 is 0 Å². The first-order valence-corrected chi connectivity index (χ1v) is 5.80. The number of benzene rings is 2. The van der Waals surface area contributed by atoms with Crippen LogP contribution in [0.4, 0.5) is 17.3 Å². The van der Waals surface area contributed by atoms with Crippen LogP contribution in [-0.4, -0.2) is 9.97 Å². The smallest absolute Gasteiger partial charge is 0.205 e. The molecule has 4 N–H and O–H groups in total. The first-order valence-electron chi connectivity index (χ1n) is 5.80. The third kappa shape index (κ3) is 2.00. The fourth-order valence-electron chi connectivity index (χ4n) is 1.95. The van der Waals surface area contributed by atoms with E-state index >= 15 is 0 Å². The Morgan fingerprint density at radius 1 is 1.17 bits per heavy atom. The number of aryl methyl sites for hydroxylation is 1. The molecule has 18 heavy (non-hydrogen) atoms. The Kier molecular flexibility index (Phi) is 2.41. The highest BCUT2D eigenvalue weighted by atomic mass is 15.1. The largest absolute Gasteiger partial charge is 0.399 e. The normalized spacial score (nSPS) is 10.7. The molecular weight excluding hydrogens is 224 g/mol.